The van der Waals surface area contributed by atoms with E-state index in [1.165, 1.54) is 16.2 Å². The van der Waals surface area contributed by atoms with Gasteiger partial charge in [0.05, 0.1) is 6.54 Å². The lowest BCUT2D eigenvalue weighted by atomic mass is 10.2. The van der Waals surface area contributed by atoms with Crippen molar-refractivity contribution in [3.63, 3.8) is 0 Å². The number of hydrogen-bond acceptors (Lipinski definition) is 3. The summed E-state index contributed by atoms with van der Waals surface area (Å²) in [6.45, 7) is 0.407. The first-order chi connectivity index (χ1) is 8.93. The van der Waals surface area contributed by atoms with Gasteiger partial charge in [-0.05, 0) is 22.0 Å². The van der Waals surface area contributed by atoms with Gasteiger partial charge in [0.1, 0.15) is 6.04 Å². The third-order valence-electron chi connectivity index (χ3n) is 2.28. The summed E-state index contributed by atoms with van der Waals surface area (Å²) in [6, 6.07) is 0.382. The van der Waals surface area contributed by atoms with Crippen LogP contribution >= 0.6 is 27.3 Å². The molecule has 0 fully saturated rings. The number of carboxylic acids is 1. The number of rotatable bonds is 5. The number of aliphatic carboxylic acids is 1. The fourth-order valence-corrected chi connectivity index (χ4v) is 2.82. The Morgan fingerprint density at radius 3 is 2.84 bits per heavy atom. The van der Waals surface area contributed by atoms with Gasteiger partial charge in [0.25, 0.3) is 0 Å². The van der Waals surface area contributed by atoms with Crippen LogP contribution < -0.4 is 5.32 Å². The van der Waals surface area contributed by atoms with E-state index in [1.54, 1.807) is 7.05 Å². The molecule has 1 atom stereocenters. The SMILES string of the molecule is C#CCC(NC(=O)N(C)Cc1cc(Br)cs1)C(=O)O. The molecule has 5 nitrogen and oxygen atoms in total. The number of thiophene rings is 1. The number of terminal acetylenes is 1. The van der Waals surface area contributed by atoms with Crippen molar-refractivity contribution in [3.8, 4) is 12.3 Å². The van der Waals surface area contributed by atoms with Crippen molar-refractivity contribution < 1.29 is 14.7 Å². The largest absolute Gasteiger partial charge is 0.480 e. The average molecular weight is 345 g/mol. The normalized spacial score (nSPS) is 11.4. The standard InChI is InChI=1S/C12H13BrN2O3S/c1-3-4-10(11(16)17)14-12(18)15(2)6-9-5-8(13)7-19-9/h1,5,7,10H,4,6H2,2H3,(H,14,18)(H,16,17). The fraction of sp³-hybridized carbons (Fsp3) is 0.333. The number of hydrogen-bond donors (Lipinski definition) is 2. The molecule has 0 aliphatic carbocycles. The number of amides is 2. The summed E-state index contributed by atoms with van der Waals surface area (Å²) in [5.41, 5.74) is 0. The summed E-state index contributed by atoms with van der Waals surface area (Å²) in [5, 5.41) is 13.2. The van der Waals surface area contributed by atoms with Crippen LogP contribution in [0.5, 0.6) is 0 Å². The maximum atomic E-state index is 11.8. The molecule has 0 aromatic carbocycles. The Bertz CT molecular complexity index is 509. The second kappa shape index (κ2) is 7.16. The lowest BCUT2D eigenvalue weighted by molar-refractivity contribution is -0.139. The van der Waals surface area contributed by atoms with E-state index in [1.807, 2.05) is 11.4 Å². The van der Waals surface area contributed by atoms with Gasteiger partial charge >= 0.3 is 12.0 Å². The van der Waals surface area contributed by atoms with Gasteiger partial charge in [0.2, 0.25) is 0 Å². The number of nitrogens with zero attached hydrogens (tertiary/aromatic N) is 1. The molecule has 7 heteroatoms. The Labute approximate surface area is 123 Å². The van der Waals surface area contributed by atoms with Crippen LogP contribution in [0.4, 0.5) is 4.79 Å². The zero-order chi connectivity index (χ0) is 14.4. The lowest BCUT2D eigenvalue weighted by Gasteiger charge is -2.19. The Balaban J connectivity index is 2.57. The highest BCUT2D eigenvalue weighted by Gasteiger charge is 2.20. The molecule has 0 saturated heterocycles. The number of halogens is 1. The molecule has 1 unspecified atom stereocenters. The van der Waals surface area contributed by atoms with Crippen molar-refractivity contribution in [1.29, 1.82) is 0 Å². The molecule has 0 aliphatic heterocycles. The van der Waals surface area contributed by atoms with Gasteiger partial charge < -0.3 is 15.3 Å². The molecule has 0 saturated carbocycles. The number of urea groups is 1. The average Bonchev–Trinajstić information content (AvgIpc) is 2.73. The van der Waals surface area contributed by atoms with E-state index in [9.17, 15) is 9.59 Å². The fourth-order valence-electron chi connectivity index (χ4n) is 1.32. The van der Waals surface area contributed by atoms with Gasteiger partial charge in [-0.2, -0.15) is 0 Å². The smallest absolute Gasteiger partial charge is 0.327 e. The second-order valence-electron chi connectivity index (χ2n) is 3.84. The number of nitrogens with one attached hydrogen (secondary N) is 1. The number of carboxylic acid groups (broad SMARTS) is 1. The van der Waals surface area contributed by atoms with Gasteiger partial charge in [-0.1, -0.05) is 0 Å². The van der Waals surface area contributed by atoms with Gasteiger partial charge in [-0.3, -0.25) is 0 Å². The van der Waals surface area contributed by atoms with Crippen molar-refractivity contribution in [2.45, 2.75) is 19.0 Å². The maximum Gasteiger partial charge on any atom is 0.327 e. The summed E-state index contributed by atoms with van der Waals surface area (Å²) in [7, 11) is 1.59. The van der Waals surface area contributed by atoms with E-state index >= 15 is 0 Å². The van der Waals surface area contributed by atoms with Crippen LogP contribution in [-0.2, 0) is 11.3 Å². The van der Waals surface area contributed by atoms with Crippen molar-refractivity contribution in [2.24, 2.45) is 0 Å². The molecule has 19 heavy (non-hydrogen) atoms. The predicted molar refractivity (Wildman–Crippen MR) is 76.9 cm³/mol. The third kappa shape index (κ3) is 4.93. The predicted octanol–water partition coefficient (Wildman–Crippen LogP) is 2.13. The third-order valence-corrected chi connectivity index (χ3v) is 3.96. The molecule has 102 valence electrons. The highest BCUT2D eigenvalue weighted by Crippen LogP contribution is 2.20. The van der Waals surface area contributed by atoms with E-state index in [2.05, 4.69) is 27.2 Å². The summed E-state index contributed by atoms with van der Waals surface area (Å²) in [4.78, 5) is 25.1. The Kier molecular flexibility index (Phi) is 5.86. The zero-order valence-corrected chi connectivity index (χ0v) is 12.6. The summed E-state index contributed by atoms with van der Waals surface area (Å²) in [5.74, 6) is 1.09. The first-order valence-electron chi connectivity index (χ1n) is 5.35. The molecule has 0 radical (unpaired) electrons. The van der Waals surface area contributed by atoms with Crippen LogP contribution in [-0.4, -0.2) is 35.1 Å². The second-order valence-corrected chi connectivity index (χ2v) is 5.75. The topological polar surface area (TPSA) is 69.6 Å². The molecular formula is C12H13BrN2O3S. The highest BCUT2D eigenvalue weighted by molar-refractivity contribution is 9.10. The monoisotopic (exact) mass is 344 g/mol. The molecule has 2 amide bonds. The highest BCUT2D eigenvalue weighted by atomic mass is 79.9. The minimum atomic E-state index is -1.14. The Morgan fingerprint density at radius 1 is 1.68 bits per heavy atom. The van der Waals surface area contributed by atoms with Crippen LogP contribution in [0.3, 0.4) is 0 Å². The lowest BCUT2D eigenvalue weighted by Crippen LogP contribution is -2.46. The molecule has 0 bridgehead atoms. The summed E-state index contributed by atoms with van der Waals surface area (Å²) >= 11 is 4.84. The number of carbonyl (C=O) groups is 2. The molecule has 0 aliphatic rings. The van der Waals surface area contributed by atoms with E-state index < -0.39 is 18.0 Å². The van der Waals surface area contributed by atoms with E-state index in [0.29, 0.717) is 6.54 Å². The minimum Gasteiger partial charge on any atom is -0.480 e. The minimum absolute atomic E-state index is 0.0422. The molecule has 1 aromatic heterocycles. The van der Waals surface area contributed by atoms with Crippen LogP contribution in [0.1, 0.15) is 11.3 Å². The van der Waals surface area contributed by atoms with Crippen molar-refractivity contribution in [2.75, 3.05) is 7.05 Å². The van der Waals surface area contributed by atoms with E-state index in [0.717, 1.165) is 9.35 Å². The quantitative estimate of drug-likeness (QED) is 0.804. The van der Waals surface area contributed by atoms with Gasteiger partial charge in [0, 0.05) is 28.2 Å². The molecule has 0 spiro atoms. The molecule has 2 N–H and O–H groups in total. The summed E-state index contributed by atoms with van der Waals surface area (Å²) in [6.07, 6.45) is 5.02. The Hall–Kier alpha value is -1.52. The molecule has 1 aromatic rings. The molecular weight excluding hydrogens is 332 g/mol. The van der Waals surface area contributed by atoms with Crippen LogP contribution in [0, 0.1) is 12.3 Å². The number of carbonyl (C=O) groups excluding carboxylic acids is 1. The van der Waals surface area contributed by atoms with E-state index in [4.69, 9.17) is 11.5 Å². The van der Waals surface area contributed by atoms with Crippen molar-refractivity contribution in [1.82, 2.24) is 10.2 Å². The van der Waals surface area contributed by atoms with Crippen molar-refractivity contribution in [3.05, 3.63) is 20.8 Å². The maximum absolute atomic E-state index is 11.8. The zero-order valence-electron chi connectivity index (χ0n) is 10.2. The van der Waals surface area contributed by atoms with Crippen molar-refractivity contribution >= 4 is 39.3 Å². The molecule has 1 heterocycles. The summed E-state index contributed by atoms with van der Waals surface area (Å²) < 4.78 is 0.956. The first-order valence-corrected chi connectivity index (χ1v) is 7.02. The van der Waals surface area contributed by atoms with E-state index in [-0.39, 0.29) is 6.42 Å². The first kappa shape index (κ1) is 15.5. The van der Waals surface area contributed by atoms with Crippen LogP contribution in [0.15, 0.2) is 15.9 Å². The van der Waals surface area contributed by atoms with Gasteiger partial charge in [-0.25, -0.2) is 9.59 Å². The molecule has 1 rings (SSSR count). The van der Waals surface area contributed by atoms with Crippen LogP contribution in [0.2, 0.25) is 0 Å². The van der Waals surface area contributed by atoms with Crippen LogP contribution in [0.25, 0.3) is 0 Å². The van der Waals surface area contributed by atoms with Gasteiger partial charge in [0.15, 0.2) is 0 Å². The Morgan fingerprint density at radius 2 is 2.37 bits per heavy atom. The van der Waals surface area contributed by atoms with Gasteiger partial charge in [-0.15, -0.1) is 23.7 Å².